The van der Waals surface area contributed by atoms with Gasteiger partial charge in [0.1, 0.15) is 0 Å². The topological polar surface area (TPSA) is 47.0 Å². The monoisotopic (exact) mass is 333 g/mol. The summed E-state index contributed by atoms with van der Waals surface area (Å²) in [5, 5.41) is 9.55. The third-order valence-corrected chi connectivity index (χ3v) is 4.53. The number of hydrogen-bond acceptors (Lipinski definition) is 4. The first-order valence-electron chi connectivity index (χ1n) is 8.90. The molecule has 0 aliphatic carbocycles. The Morgan fingerprint density at radius 1 is 1.25 bits per heavy atom. The van der Waals surface area contributed by atoms with Crippen LogP contribution in [0.5, 0.6) is 0 Å². The van der Waals surface area contributed by atoms with Crippen molar-refractivity contribution >= 4 is 11.6 Å². The number of benzene rings is 1. The molecule has 1 aromatic rings. The molecule has 24 heavy (non-hydrogen) atoms. The fraction of sp³-hybridized carbons (Fsp3) is 0.632. The summed E-state index contributed by atoms with van der Waals surface area (Å²) in [6.45, 7) is 11.9. The number of carbonyl (C=O) groups is 1. The minimum absolute atomic E-state index is 0.131. The Hall–Kier alpha value is -1.43. The summed E-state index contributed by atoms with van der Waals surface area (Å²) in [5.74, 6) is 0.145. The van der Waals surface area contributed by atoms with Crippen molar-refractivity contribution in [2.45, 2.75) is 45.9 Å². The molecule has 0 radical (unpaired) electrons. The largest absolute Gasteiger partial charge is 0.392 e. The van der Waals surface area contributed by atoms with E-state index >= 15 is 0 Å². The quantitative estimate of drug-likeness (QED) is 0.863. The Morgan fingerprint density at radius 3 is 2.46 bits per heavy atom. The molecule has 0 bridgehead atoms. The van der Waals surface area contributed by atoms with Gasteiger partial charge in [-0.15, -0.1) is 0 Å². The number of amides is 1. The maximum Gasteiger partial charge on any atom is 0.241 e. The molecule has 1 aliphatic rings. The number of rotatable bonds is 6. The van der Waals surface area contributed by atoms with Gasteiger partial charge in [0.15, 0.2) is 0 Å². The van der Waals surface area contributed by atoms with Crippen molar-refractivity contribution in [3.63, 3.8) is 0 Å². The summed E-state index contributed by atoms with van der Waals surface area (Å²) in [7, 11) is 0. The first-order chi connectivity index (χ1) is 11.4. The fourth-order valence-corrected chi connectivity index (χ4v) is 3.41. The summed E-state index contributed by atoms with van der Waals surface area (Å²) in [6, 6.07) is 10.3. The number of anilines is 1. The third-order valence-electron chi connectivity index (χ3n) is 4.53. The van der Waals surface area contributed by atoms with Gasteiger partial charge in [0.2, 0.25) is 5.91 Å². The van der Waals surface area contributed by atoms with E-state index in [1.807, 2.05) is 42.2 Å². The zero-order valence-corrected chi connectivity index (χ0v) is 15.4. The molecule has 1 N–H and O–H groups in total. The van der Waals surface area contributed by atoms with E-state index in [-0.39, 0.29) is 18.1 Å². The Kier molecular flexibility index (Phi) is 6.78. The second-order valence-electron chi connectivity index (χ2n) is 7.12. The lowest BCUT2D eigenvalue weighted by molar-refractivity contribution is -0.121. The van der Waals surface area contributed by atoms with Gasteiger partial charge >= 0.3 is 0 Å². The number of β-amino-alcohol motifs (C(OH)–C–C–N with tert-alkyl or cyclic N) is 1. The van der Waals surface area contributed by atoms with Crippen LogP contribution in [0.3, 0.4) is 0 Å². The van der Waals surface area contributed by atoms with Crippen molar-refractivity contribution in [1.82, 2.24) is 9.80 Å². The standard InChI is InChI=1S/C19H31N3O2/c1-15(2)22(18-8-6-5-7-9-18)19(24)14-21-11-10-20(12-16(21)3)13-17(4)23/h5-9,15-17,23H,10-14H2,1-4H3. The second-order valence-corrected chi connectivity index (χ2v) is 7.12. The first-order valence-corrected chi connectivity index (χ1v) is 8.90. The lowest BCUT2D eigenvalue weighted by Gasteiger charge is -2.41. The Balaban J connectivity index is 1.98. The van der Waals surface area contributed by atoms with Crippen LogP contribution in [-0.2, 0) is 4.79 Å². The number of hydrogen-bond donors (Lipinski definition) is 1. The van der Waals surface area contributed by atoms with Crippen LogP contribution in [0, 0.1) is 0 Å². The molecule has 1 amide bonds. The number of aliphatic hydroxyl groups is 1. The van der Waals surface area contributed by atoms with E-state index in [1.54, 1.807) is 0 Å². The summed E-state index contributed by atoms with van der Waals surface area (Å²) in [6.07, 6.45) is -0.306. The molecular formula is C19H31N3O2. The summed E-state index contributed by atoms with van der Waals surface area (Å²) in [4.78, 5) is 19.3. The van der Waals surface area contributed by atoms with Crippen LogP contribution in [0.4, 0.5) is 5.69 Å². The van der Waals surface area contributed by atoms with Crippen LogP contribution < -0.4 is 4.90 Å². The third kappa shape index (κ3) is 5.03. The van der Waals surface area contributed by atoms with Crippen molar-refractivity contribution in [1.29, 1.82) is 0 Å². The molecule has 5 nitrogen and oxygen atoms in total. The summed E-state index contributed by atoms with van der Waals surface area (Å²) in [5.41, 5.74) is 0.956. The van der Waals surface area contributed by atoms with E-state index < -0.39 is 0 Å². The highest BCUT2D eigenvalue weighted by Crippen LogP contribution is 2.18. The predicted molar refractivity (Wildman–Crippen MR) is 98.2 cm³/mol. The lowest BCUT2D eigenvalue weighted by Crippen LogP contribution is -2.56. The lowest BCUT2D eigenvalue weighted by atomic mass is 10.1. The molecule has 1 aromatic carbocycles. The maximum atomic E-state index is 12.9. The molecule has 2 unspecified atom stereocenters. The number of nitrogens with zero attached hydrogens (tertiary/aromatic N) is 3. The maximum absolute atomic E-state index is 12.9. The smallest absolute Gasteiger partial charge is 0.241 e. The van der Waals surface area contributed by atoms with E-state index in [9.17, 15) is 9.90 Å². The zero-order valence-electron chi connectivity index (χ0n) is 15.4. The van der Waals surface area contributed by atoms with Gasteiger partial charge in [-0.05, 0) is 39.8 Å². The van der Waals surface area contributed by atoms with E-state index in [1.165, 1.54) is 0 Å². The Bertz CT molecular complexity index is 519. The molecule has 2 rings (SSSR count). The first kappa shape index (κ1) is 18.9. The number of carbonyl (C=O) groups excluding carboxylic acids is 1. The molecule has 0 spiro atoms. The molecule has 1 aliphatic heterocycles. The molecule has 1 fully saturated rings. The summed E-state index contributed by atoms with van der Waals surface area (Å²) < 4.78 is 0. The molecule has 1 heterocycles. The van der Waals surface area contributed by atoms with E-state index in [2.05, 4.69) is 30.6 Å². The van der Waals surface area contributed by atoms with Gasteiger partial charge in [-0.2, -0.15) is 0 Å². The molecule has 134 valence electrons. The van der Waals surface area contributed by atoms with Crippen molar-refractivity contribution in [3.05, 3.63) is 30.3 Å². The van der Waals surface area contributed by atoms with Gasteiger partial charge in [0.25, 0.3) is 0 Å². The minimum atomic E-state index is -0.306. The average molecular weight is 333 g/mol. The van der Waals surface area contributed by atoms with Crippen molar-refractivity contribution in [2.75, 3.05) is 37.6 Å². The predicted octanol–water partition coefficient (Wildman–Crippen LogP) is 1.81. The second kappa shape index (κ2) is 8.60. The van der Waals surface area contributed by atoms with Gasteiger partial charge in [-0.1, -0.05) is 18.2 Å². The molecule has 1 saturated heterocycles. The molecule has 5 heteroatoms. The SMILES string of the molecule is CC(O)CN1CCN(CC(=O)N(c2ccccc2)C(C)C)C(C)C1. The van der Waals surface area contributed by atoms with Crippen LogP contribution in [0.1, 0.15) is 27.7 Å². The normalized spacial score (nSPS) is 21.0. The van der Waals surface area contributed by atoms with Crippen LogP contribution in [0.15, 0.2) is 30.3 Å². The van der Waals surface area contributed by atoms with Gasteiger partial charge in [0.05, 0.1) is 12.6 Å². The number of aliphatic hydroxyl groups excluding tert-OH is 1. The Labute approximate surface area is 145 Å². The highest BCUT2D eigenvalue weighted by Gasteiger charge is 2.28. The summed E-state index contributed by atoms with van der Waals surface area (Å²) >= 11 is 0. The minimum Gasteiger partial charge on any atom is -0.392 e. The number of piperazine rings is 1. The molecular weight excluding hydrogens is 302 g/mol. The van der Waals surface area contributed by atoms with Crippen LogP contribution in [0.25, 0.3) is 0 Å². The highest BCUT2D eigenvalue weighted by atomic mass is 16.3. The fourth-order valence-electron chi connectivity index (χ4n) is 3.41. The number of para-hydroxylation sites is 1. The van der Waals surface area contributed by atoms with Gasteiger partial charge in [-0.3, -0.25) is 14.6 Å². The zero-order chi connectivity index (χ0) is 17.7. The van der Waals surface area contributed by atoms with E-state index in [4.69, 9.17) is 0 Å². The van der Waals surface area contributed by atoms with E-state index in [0.29, 0.717) is 19.1 Å². The molecule has 0 saturated carbocycles. The highest BCUT2D eigenvalue weighted by molar-refractivity contribution is 5.95. The Morgan fingerprint density at radius 2 is 1.92 bits per heavy atom. The van der Waals surface area contributed by atoms with Crippen LogP contribution in [0.2, 0.25) is 0 Å². The van der Waals surface area contributed by atoms with Crippen molar-refractivity contribution in [3.8, 4) is 0 Å². The average Bonchev–Trinajstić information content (AvgIpc) is 2.50. The molecule has 2 atom stereocenters. The van der Waals surface area contributed by atoms with Gasteiger partial charge < -0.3 is 10.0 Å². The van der Waals surface area contributed by atoms with Gasteiger partial charge in [-0.25, -0.2) is 0 Å². The molecule has 0 aromatic heterocycles. The van der Waals surface area contributed by atoms with Gasteiger partial charge in [0, 0.05) is 44.0 Å². The van der Waals surface area contributed by atoms with E-state index in [0.717, 1.165) is 25.3 Å². The van der Waals surface area contributed by atoms with Crippen LogP contribution >= 0.6 is 0 Å². The van der Waals surface area contributed by atoms with Crippen molar-refractivity contribution in [2.24, 2.45) is 0 Å². The van der Waals surface area contributed by atoms with Crippen molar-refractivity contribution < 1.29 is 9.90 Å². The van der Waals surface area contributed by atoms with Crippen LogP contribution in [-0.4, -0.2) is 71.7 Å².